The average molecular weight is 137 g/mol. The highest BCUT2D eigenvalue weighted by atomic mass is 15.1. The summed E-state index contributed by atoms with van der Waals surface area (Å²) in [5.41, 5.74) is 6.92. The maximum absolute atomic E-state index is 6.25. The van der Waals surface area contributed by atoms with E-state index in [1.54, 1.807) is 0 Å². The van der Waals surface area contributed by atoms with E-state index in [-0.39, 0.29) is 5.54 Å². The standard InChI is InChI=1S/C8H13N2/c9-8-2-1-6-3-7(6,8)4-10-5-8/h6H,1-5,9H2. The molecule has 0 aromatic rings. The van der Waals surface area contributed by atoms with E-state index in [9.17, 15) is 0 Å². The predicted octanol–water partition coefficient (Wildman–Crippen LogP) is 0.102. The Bertz CT molecular complexity index is 183. The molecule has 0 aromatic heterocycles. The van der Waals surface area contributed by atoms with Gasteiger partial charge >= 0.3 is 0 Å². The maximum Gasteiger partial charge on any atom is 0.0370 e. The lowest BCUT2D eigenvalue weighted by atomic mass is 9.86. The summed E-state index contributed by atoms with van der Waals surface area (Å²) < 4.78 is 0. The molecule has 0 bridgehead atoms. The molecule has 1 aliphatic heterocycles. The molecule has 0 amide bonds. The molecule has 2 N–H and O–H groups in total. The van der Waals surface area contributed by atoms with Crippen molar-refractivity contribution in [1.82, 2.24) is 5.32 Å². The summed E-state index contributed by atoms with van der Waals surface area (Å²) in [6, 6.07) is 0. The van der Waals surface area contributed by atoms with Crippen LogP contribution in [0.25, 0.3) is 0 Å². The van der Waals surface area contributed by atoms with Crippen molar-refractivity contribution in [2.45, 2.75) is 24.8 Å². The van der Waals surface area contributed by atoms with Gasteiger partial charge in [-0.25, -0.2) is 5.32 Å². The number of hydrogen-bond acceptors (Lipinski definition) is 1. The summed E-state index contributed by atoms with van der Waals surface area (Å²) >= 11 is 0. The quantitative estimate of drug-likeness (QED) is 0.505. The van der Waals surface area contributed by atoms with Crippen molar-refractivity contribution < 1.29 is 0 Å². The van der Waals surface area contributed by atoms with Crippen molar-refractivity contribution in [2.24, 2.45) is 17.1 Å². The first-order chi connectivity index (χ1) is 4.77. The van der Waals surface area contributed by atoms with Crippen molar-refractivity contribution in [3.63, 3.8) is 0 Å². The Kier molecular flexibility index (Phi) is 0.710. The van der Waals surface area contributed by atoms with Crippen molar-refractivity contribution in [2.75, 3.05) is 13.1 Å². The summed E-state index contributed by atoms with van der Waals surface area (Å²) in [5, 5.41) is 4.43. The Morgan fingerprint density at radius 1 is 1.40 bits per heavy atom. The zero-order valence-corrected chi connectivity index (χ0v) is 6.14. The van der Waals surface area contributed by atoms with Gasteiger partial charge in [-0.05, 0) is 25.2 Å². The second kappa shape index (κ2) is 1.28. The molecular formula is C8H13N2. The summed E-state index contributed by atoms with van der Waals surface area (Å²) in [6.07, 6.45) is 4.00. The second-order valence-corrected chi connectivity index (χ2v) is 4.29. The van der Waals surface area contributed by atoms with Gasteiger partial charge in [0.05, 0.1) is 0 Å². The third-order valence-electron chi connectivity index (χ3n) is 3.95. The van der Waals surface area contributed by atoms with Crippen LogP contribution in [0.1, 0.15) is 19.3 Å². The number of rotatable bonds is 0. The average Bonchev–Trinajstić information content (AvgIpc) is 2.39. The highest BCUT2D eigenvalue weighted by Crippen LogP contribution is 2.68. The van der Waals surface area contributed by atoms with Crippen LogP contribution in [0.5, 0.6) is 0 Å². The van der Waals surface area contributed by atoms with Crippen molar-refractivity contribution in [3.8, 4) is 0 Å². The Morgan fingerprint density at radius 2 is 2.30 bits per heavy atom. The van der Waals surface area contributed by atoms with Gasteiger partial charge in [-0.3, -0.25) is 0 Å². The van der Waals surface area contributed by atoms with Crippen LogP contribution in [-0.2, 0) is 0 Å². The van der Waals surface area contributed by atoms with Crippen LogP contribution in [0.15, 0.2) is 0 Å². The van der Waals surface area contributed by atoms with E-state index < -0.39 is 0 Å². The van der Waals surface area contributed by atoms with Crippen LogP contribution in [0.2, 0.25) is 0 Å². The van der Waals surface area contributed by atoms with Gasteiger partial charge < -0.3 is 5.73 Å². The van der Waals surface area contributed by atoms with Crippen molar-refractivity contribution >= 4 is 0 Å². The number of nitrogens with two attached hydrogens (primary N) is 1. The minimum Gasteiger partial charge on any atom is -0.323 e. The van der Waals surface area contributed by atoms with Gasteiger partial charge in [0.15, 0.2) is 0 Å². The lowest BCUT2D eigenvalue weighted by Crippen LogP contribution is -2.46. The first-order valence-electron chi connectivity index (χ1n) is 4.19. The van der Waals surface area contributed by atoms with E-state index in [2.05, 4.69) is 5.32 Å². The molecule has 2 saturated carbocycles. The minimum absolute atomic E-state index is 0.150. The fourth-order valence-electron chi connectivity index (χ4n) is 3.09. The van der Waals surface area contributed by atoms with Crippen LogP contribution in [-0.4, -0.2) is 18.6 Å². The Hall–Kier alpha value is -0.0800. The van der Waals surface area contributed by atoms with Gasteiger partial charge in [-0.1, -0.05) is 0 Å². The van der Waals surface area contributed by atoms with E-state index in [1.165, 1.54) is 19.3 Å². The summed E-state index contributed by atoms with van der Waals surface area (Å²) in [7, 11) is 0. The summed E-state index contributed by atoms with van der Waals surface area (Å²) in [4.78, 5) is 0. The summed E-state index contributed by atoms with van der Waals surface area (Å²) in [6.45, 7) is 2.03. The molecule has 2 aliphatic carbocycles. The first kappa shape index (κ1) is 5.56. The van der Waals surface area contributed by atoms with Gasteiger partial charge in [0.25, 0.3) is 0 Å². The zero-order chi connectivity index (χ0) is 6.82. The van der Waals surface area contributed by atoms with Gasteiger partial charge in [0.1, 0.15) is 0 Å². The monoisotopic (exact) mass is 137 g/mol. The Morgan fingerprint density at radius 3 is 3.00 bits per heavy atom. The fourth-order valence-corrected chi connectivity index (χ4v) is 3.09. The van der Waals surface area contributed by atoms with Crippen molar-refractivity contribution in [1.29, 1.82) is 0 Å². The summed E-state index contributed by atoms with van der Waals surface area (Å²) in [5.74, 6) is 0.962. The first-order valence-corrected chi connectivity index (χ1v) is 4.19. The molecule has 1 radical (unpaired) electrons. The van der Waals surface area contributed by atoms with Gasteiger partial charge in [0.2, 0.25) is 0 Å². The number of nitrogens with zero attached hydrogens (tertiary/aromatic N) is 1. The molecule has 1 spiro atoms. The van der Waals surface area contributed by atoms with Gasteiger partial charge in [-0.2, -0.15) is 0 Å². The molecule has 3 fully saturated rings. The van der Waals surface area contributed by atoms with Gasteiger partial charge in [-0.15, -0.1) is 0 Å². The maximum atomic E-state index is 6.25. The smallest absolute Gasteiger partial charge is 0.0370 e. The molecule has 2 heteroatoms. The largest absolute Gasteiger partial charge is 0.323 e. The van der Waals surface area contributed by atoms with Crippen LogP contribution in [0, 0.1) is 11.3 Å². The molecule has 10 heavy (non-hydrogen) atoms. The van der Waals surface area contributed by atoms with E-state index in [1.807, 2.05) is 0 Å². The molecule has 3 unspecified atom stereocenters. The van der Waals surface area contributed by atoms with Crippen LogP contribution in [0.4, 0.5) is 0 Å². The van der Waals surface area contributed by atoms with Crippen molar-refractivity contribution in [3.05, 3.63) is 0 Å². The van der Waals surface area contributed by atoms with E-state index in [0.717, 1.165) is 19.0 Å². The lowest BCUT2D eigenvalue weighted by Gasteiger charge is -2.25. The lowest BCUT2D eigenvalue weighted by molar-refractivity contribution is 0.344. The molecule has 3 atom stereocenters. The third kappa shape index (κ3) is 0.372. The highest BCUT2D eigenvalue weighted by molar-refractivity contribution is 5.26. The Labute approximate surface area is 61.2 Å². The van der Waals surface area contributed by atoms with E-state index in [0.29, 0.717) is 5.41 Å². The third-order valence-corrected chi connectivity index (χ3v) is 3.95. The molecule has 0 aromatic carbocycles. The SMILES string of the molecule is NC12CCC3CC31C[N]C2. The molecule has 3 aliphatic rings. The second-order valence-electron chi connectivity index (χ2n) is 4.29. The molecular weight excluding hydrogens is 124 g/mol. The molecule has 2 nitrogen and oxygen atoms in total. The molecule has 3 rings (SSSR count). The molecule has 1 heterocycles. The van der Waals surface area contributed by atoms with E-state index >= 15 is 0 Å². The molecule has 1 saturated heterocycles. The minimum atomic E-state index is 0.150. The Balaban J connectivity index is 2.06. The van der Waals surface area contributed by atoms with Crippen LogP contribution >= 0.6 is 0 Å². The topological polar surface area (TPSA) is 40.1 Å². The molecule has 55 valence electrons. The zero-order valence-electron chi connectivity index (χ0n) is 6.14. The van der Waals surface area contributed by atoms with Crippen LogP contribution in [0.3, 0.4) is 0 Å². The normalized spacial score (nSPS) is 63.9. The van der Waals surface area contributed by atoms with Gasteiger partial charge in [0, 0.05) is 24.0 Å². The number of hydrogen-bond donors (Lipinski definition) is 1. The van der Waals surface area contributed by atoms with Crippen LogP contribution < -0.4 is 11.1 Å². The predicted molar refractivity (Wildman–Crippen MR) is 38.6 cm³/mol. The van der Waals surface area contributed by atoms with E-state index in [4.69, 9.17) is 5.73 Å². The fraction of sp³-hybridized carbons (Fsp3) is 1.00. The highest BCUT2D eigenvalue weighted by Gasteiger charge is 2.71.